The van der Waals surface area contributed by atoms with Crippen molar-refractivity contribution in [3.63, 3.8) is 0 Å². The van der Waals surface area contributed by atoms with Crippen LogP contribution < -0.4 is 15.5 Å². The zero-order valence-corrected chi connectivity index (χ0v) is 18.0. The highest BCUT2D eigenvalue weighted by Gasteiger charge is 2.16. The summed E-state index contributed by atoms with van der Waals surface area (Å²) in [5.74, 6) is 1.22. The van der Waals surface area contributed by atoms with E-state index >= 15 is 0 Å². The number of anilines is 5. The molecule has 0 spiro atoms. The predicted octanol–water partition coefficient (Wildman–Crippen LogP) is 4.09. The summed E-state index contributed by atoms with van der Waals surface area (Å²) in [5.41, 5.74) is 5.34. The Hall–Kier alpha value is -3.63. The van der Waals surface area contributed by atoms with Crippen LogP contribution in [0.25, 0.3) is 0 Å². The number of nitriles is 1. The number of aryl methyl sites for hydroxylation is 1. The summed E-state index contributed by atoms with van der Waals surface area (Å²) >= 11 is 0. The van der Waals surface area contributed by atoms with Crippen LogP contribution >= 0.6 is 0 Å². The monoisotopic (exact) mass is 413 g/mol. The first-order valence-corrected chi connectivity index (χ1v) is 10.5. The lowest BCUT2D eigenvalue weighted by Crippen LogP contribution is -2.44. The molecular formula is C24H27N7. The van der Waals surface area contributed by atoms with Gasteiger partial charge in [0.2, 0.25) is 5.95 Å². The highest BCUT2D eigenvalue weighted by molar-refractivity contribution is 5.65. The average Bonchev–Trinajstić information content (AvgIpc) is 2.76. The van der Waals surface area contributed by atoms with Gasteiger partial charge >= 0.3 is 0 Å². The number of nitrogens with zero attached hydrogens (tertiary/aromatic N) is 5. The first-order chi connectivity index (χ1) is 15.1. The van der Waals surface area contributed by atoms with Crippen molar-refractivity contribution in [3.05, 3.63) is 65.9 Å². The average molecular weight is 414 g/mol. The van der Waals surface area contributed by atoms with Gasteiger partial charge in [0, 0.05) is 49.4 Å². The lowest BCUT2D eigenvalue weighted by atomic mass is 10.1. The summed E-state index contributed by atoms with van der Waals surface area (Å²) in [5, 5.41) is 15.5. The molecule has 1 aromatic heterocycles. The fourth-order valence-corrected chi connectivity index (χ4v) is 3.75. The zero-order valence-electron chi connectivity index (χ0n) is 18.0. The molecule has 0 saturated carbocycles. The zero-order chi connectivity index (χ0) is 21.6. The van der Waals surface area contributed by atoms with Gasteiger partial charge in [0.05, 0.1) is 12.5 Å². The molecule has 1 saturated heterocycles. The van der Waals surface area contributed by atoms with Crippen molar-refractivity contribution in [2.24, 2.45) is 0 Å². The maximum atomic E-state index is 8.89. The summed E-state index contributed by atoms with van der Waals surface area (Å²) in [6, 6.07) is 18.2. The maximum absolute atomic E-state index is 8.89. The fourth-order valence-electron chi connectivity index (χ4n) is 3.75. The lowest BCUT2D eigenvalue weighted by Gasteiger charge is -2.35. The SMILES string of the molecule is Cc1cc(Nc2nccc(Nc3cccc(CC#N)c3)n2)ccc1N1CCN(C)CC1. The minimum absolute atomic E-state index is 0.384. The molecule has 2 N–H and O–H groups in total. The lowest BCUT2D eigenvalue weighted by molar-refractivity contribution is 0.312. The van der Waals surface area contributed by atoms with Crippen LogP contribution in [0.2, 0.25) is 0 Å². The number of benzene rings is 2. The number of hydrogen-bond acceptors (Lipinski definition) is 7. The van der Waals surface area contributed by atoms with E-state index < -0.39 is 0 Å². The normalized spacial score (nSPS) is 14.2. The Kier molecular flexibility index (Phi) is 6.29. The molecule has 1 fully saturated rings. The molecule has 0 radical (unpaired) electrons. The minimum atomic E-state index is 0.384. The molecule has 7 heteroatoms. The van der Waals surface area contributed by atoms with E-state index in [1.165, 1.54) is 11.3 Å². The molecule has 0 aliphatic carbocycles. The molecule has 0 amide bonds. The van der Waals surface area contributed by atoms with Crippen molar-refractivity contribution in [1.29, 1.82) is 5.26 Å². The molecule has 4 rings (SSSR count). The van der Waals surface area contributed by atoms with E-state index in [0.717, 1.165) is 43.1 Å². The Balaban J connectivity index is 1.45. The standard InChI is InChI=1S/C24H27N7/c1-18-16-21(6-7-22(18)31-14-12-30(2)13-15-31)28-24-26-11-9-23(29-24)27-20-5-3-4-19(17-20)8-10-25/h3-7,9,11,16-17H,8,12-15H2,1-2H3,(H2,26,27,28,29). The number of piperazine rings is 1. The van der Waals surface area contributed by atoms with Gasteiger partial charge in [-0.05, 0) is 61.5 Å². The van der Waals surface area contributed by atoms with Gasteiger partial charge in [-0.15, -0.1) is 0 Å². The van der Waals surface area contributed by atoms with Gasteiger partial charge in [0.15, 0.2) is 0 Å². The van der Waals surface area contributed by atoms with E-state index in [9.17, 15) is 0 Å². The van der Waals surface area contributed by atoms with E-state index in [2.05, 4.69) is 68.6 Å². The van der Waals surface area contributed by atoms with Gasteiger partial charge in [-0.3, -0.25) is 0 Å². The smallest absolute Gasteiger partial charge is 0.229 e. The van der Waals surface area contributed by atoms with Crippen molar-refractivity contribution < 1.29 is 0 Å². The molecule has 0 atom stereocenters. The van der Waals surface area contributed by atoms with Crippen LogP contribution in [0.3, 0.4) is 0 Å². The van der Waals surface area contributed by atoms with Crippen LogP contribution in [-0.2, 0) is 6.42 Å². The van der Waals surface area contributed by atoms with Gasteiger partial charge in [0.1, 0.15) is 5.82 Å². The predicted molar refractivity (Wildman–Crippen MR) is 125 cm³/mol. The summed E-state index contributed by atoms with van der Waals surface area (Å²) in [6.45, 7) is 6.43. The maximum Gasteiger partial charge on any atom is 0.229 e. The summed E-state index contributed by atoms with van der Waals surface area (Å²) in [4.78, 5) is 13.7. The van der Waals surface area contributed by atoms with E-state index in [0.29, 0.717) is 18.2 Å². The van der Waals surface area contributed by atoms with Crippen molar-refractivity contribution >= 4 is 28.8 Å². The molecule has 0 bridgehead atoms. The number of nitrogens with one attached hydrogen (secondary N) is 2. The van der Waals surface area contributed by atoms with Crippen LogP contribution in [0.15, 0.2) is 54.7 Å². The van der Waals surface area contributed by atoms with Gasteiger partial charge < -0.3 is 20.4 Å². The third-order valence-corrected chi connectivity index (χ3v) is 5.44. The first kappa shape index (κ1) is 20.6. The van der Waals surface area contributed by atoms with E-state index in [-0.39, 0.29) is 0 Å². The molecule has 2 aromatic carbocycles. The summed E-state index contributed by atoms with van der Waals surface area (Å²) in [7, 11) is 2.17. The molecule has 1 aliphatic rings. The molecule has 1 aliphatic heterocycles. The fraction of sp³-hybridized carbons (Fsp3) is 0.292. The third-order valence-electron chi connectivity index (χ3n) is 5.44. The van der Waals surface area contributed by atoms with Gasteiger partial charge in [0.25, 0.3) is 0 Å². The van der Waals surface area contributed by atoms with Crippen molar-refractivity contribution in [1.82, 2.24) is 14.9 Å². The largest absolute Gasteiger partial charge is 0.369 e. The highest BCUT2D eigenvalue weighted by Crippen LogP contribution is 2.26. The molecule has 0 unspecified atom stereocenters. The second kappa shape index (κ2) is 9.45. The minimum Gasteiger partial charge on any atom is -0.369 e. The van der Waals surface area contributed by atoms with E-state index in [1.807, 2.05) is 30.3 Å². The highest BCUT2D eigenvalue weighted by atomic mass is 15.2. The summed E-state index contributed by atoms with van der Waals surface area (Å²) < 4.78 is 0. The quantitative estimate of drug-likeness (QED) is 0.630. The topological polar surface area (TPSA) is 80.1 Å². The Bertz CT molecular complexity index is 1080. The third kappa shape index (κ3) is 5.30. The van der Waals surface area contributed by atoms with E-state index in [4.69, 9.17) is 5.26 Å². The molecule has 7 nitrogen and oxygen atoms in total. The first-order valence-electron chi connectivity index (χ1n) is 10.5. The van der Waals surface area contributed by atoms with Crippen molar-refractivity contribution in [2.75, 3.05) is 48.8 Å². The number of rotatable bonds is 6. The van der Waals surface area contributed by atoms with E-state index in [1.54, 1.807) is 6.20 Å². The Morgan fingerprint density at radius 2 is 1.81 bits per heavy atom. The number of hydrogen-bond donors (Lipinski definition) is 2. The second-order valence-corrected chi connectivity index (χ2v) is 7.84. The molecule has 158 valence electrons. The van der Waals surface area contributed by atoms with Gasteiger partial charge in [-0.1, -0.05) is 12.1 Å². The molecule has 31 heavy (non-hydrogen) atoms. The Labute approximate surface area is 183 Å². The van der Waals surface area contributed by atoms with Crippen LogP contribution in [-0.4, -0.2) is 48.1 Å². The van der Waals surface area contributed by atoms with Crippen LogP contribution in [0.1, 0.15) is 11.1 Å². The van der Waals surface area contributed by atoms with Gasteiger partial charge in [-0.25, -0.2) is 4.98 Å². The van der Waals surface area contributed by atoms with Gasteiger partial charge in [-0.2, -0.15) is 10.2 Å². The van der Waals surface area contributed by atoms with Crippen LogP contribution in [0.4, 0.5) is 28.8 Å². The molecular weight excluding hydrogens is 386 g/mol. The van der Waals surface area contributed by atoms with Crippen molar-refractivity contribution in [2.45, 2.75) is 13.3 Å². The Morgan fingerprint density at radius 1 is 1.00 bits per heavy atom. The number of aromatic nitrogens is 2. The number of likely N-dealkylation sites (N-methyl/N-ethyl adjacent to an activating group) is 1. The Morgan fingerprint density at radius 3 is 2.58 bits per heavy atom. The van der Waals surface area contributed by atoms with Crippen LogP contribution in [0, 0.1) is 18.3 Å². The summed E-state index contributed by atoms with van der Waals surface area (Å²) in [6.07, 6.45) is 2.11. The van der Waals surface area contributed by atoms with Crippen LogP contribution in [0.5, 0.6) is 0 Å². The van der Waals surface area contributed by atoms with Crippen molar-refractivity contribution in [3.8, 4) is 6.07 Å². The molecule has 2 heterocycles. The second-order valence-electron chi connectivity index (χ2n) is 7.84. The molecule has 3 aromatic rings.